The van der Waals surface area contributed by atoms with Crippen molar-refractivity contribution >= 4 is 38.9 Å². The molecule has 0 heterocycles. The van der Waals surface area contributed by atoms with E-state index in [1.807, 2.05) is 0 Å². The number of carbonyl (C=O) groups excluding carboxylic acids is 1. The monoisotopic (exact) mass is 325 g/mol. The molecule has 0 saturated carbocycles. The van der Waals surface area contributed by atoms with E-state index >= 15 is 0 Å². The minimum absolute atomic E-state index is 0.0938. The molecule has 110 valence electrons. The van der Waals surface area contributed by atoms with Crippen molar-refractivity contribution < 1.29 is 13.2 Å². The number of anilines is 2. The SMILES string of the molecule is Nc1ccc(C(=O)Nc2cccc(S(N)(=O)=O)c2)c(Cl)c1. The molecular formula is C13H12ClN3O3S. The number of hydrogen-bond donors (Lipinski definition) is 3. The number of hydrogen-bond acceptors (Lipinski definition) is 4. The Labute approximate surface area is 126 Å². The molecule has 2 rings (SSSR count). The topological polar surface area (TPSA) is 115 Å². The van der Waals surface area contributed by atoms with Crippen LogP contribution in [-0.2, 0) is 10.0 Å². The molecule has 5 N–H and O–H groups in total. The summed E-state index contributed by atoms with van der Waals surface area (Å²) in [7, 11) is -3.83. The maximum Gasteiger partial charge on any atom is 0.257 e. The van der Waals surface area contributed by atoms with Gasteiger partial charge in [0.2, 0.25) is 10.0 Å². The summed E-state index contributed by atoms with van der Waals surface area (Å²) >= 11 is 5.94. The number of nitrogens with two attached hydrogens (primary N) is 2. The van der Waals surface area contributed by atoms with Gasteiger partial charge in [0.25, 0.3) is 5.91 Å². The number of nitrogen functional groups attached to an aromatic ring is 1. The molecule has 0 radical (unpaired) electrons. The van der Waals surface area contributed by atoms with Crippen LogP contribution in [0, 0.1) is 0 Å². The molecule has 0 saturated heterocycles. The number of nitrogens with one attached hydrogen (secondary N) is 1. The second kappa shape index (κ2) is 5.72. The predicted octanol–water partition coefficient (Wildman–Crippen LogP) is 1.82. The number of primary sulfonamides is 1. The molecule has 0 atom stereocenters. The normalized spacial score (nSPS) is 11.1. The van der Waals surface area contributed by atoms with Crippen molar-refractivity contribution in [3.63, 3.8) is 0 Å². The van der Waals surface area contributed by atoms with Crippen LogP contribution >= 0.6 is 11.6 Å². The first-order chi connectivity index (χ1) is 9.77. The van der Waals surface area contributed by atoms with Gasteiger partial charge in [0.05, 0.1) is 15.5 Å². The molecule has 0 spiro atoms. The molecule has 0 aliphatic carbocycles. The van der Waals surface area contributed by atoms with Gasteiger partial charge in [-0.3, -0.25) is 4.79 Å². The largest absolute Gasteiger partial charge is 0.399 e. The highest BCUT2D eigenvalue weighted by atomic mass is 35.5. The van der Waals surface area contributed by atoms with Crippen molar-refractivity contribution in [3.05, 3.63) is 53.1 Å². The standard InChI is InChI=1S/C13H12ClN3O3S/c14-12-6-8(15)4-5-11(12)13(18)17-9-2-1-3-10(7-9)21(16,19)20/h1-7H,15H2,(H,17,18)(H2,16,19,20). The maximum atomic E-state index is 12.1. The van der Waals surface area contributed by atoms with E-state index in [0.29, 0.717) is 11.4 Å². The second-order valence-corrected chi connectivity index (χ2v) is 6.23. The molecular weight excluding hydrogens is 314 g/mol. The summed E-state index contributed by atoms with van der Waals surface area (Å²) in [6.45, 7) is 0. The lowest BCUT2D eigenvalue weighted by molar-refractivity contribution is 0.102. The zero-order valence-corrected chi connectivity index (χ0v) is 12.3. The lowest BCUT2D eigenvalue weighted by Crippen LogP contribution is -2.15. The molecule has 0 bridgehead atoms. The highest BCUT2D eigenvalue weighted by molar-refractivity contribution is 7.89. The fraction of sp³-hybridized carbons (Fsp3) is 0. The van der Waals surface area contributed by atoms with E-state index in [4.69, 9.17) is 22.5 Å². The van der Waals surface area contributed by atoms with E-state index in [0.717, 1.165) is 0 Å². The number of benzene rings is 2. The van der Waals surface area contributed by atoms with Crippen LogP contribution in [0.2, 0.25) is 5.02 Å². The highest BCUT2D eigenvalue weighted by Gasteiger charge is 2.13. The molecule has 0 aliphatic heterocycles. The number of carbonyl (C=O) groups is 1. The van der Waals surface area contributed by atoms with Gasteiger partial charge in [-0.25, -0.2) is 13.6 Å². The van der Waals surface area contributed by atoms with Gasteiger partial charge in [0, 0.05) is 11.4 Å². The summed E-state index contributed by atoms with van der Waals surface area (Å²) in [5.74, 6) is -0.480. The Morgan fingerprint density at radius 3 is 2.48 bits per heavy atom. The van der Waals surface area contributed by atoms with Gasteiger partial charge in [0.15, 0.2) is 0 Å². The van der Waals surface area contributed by atoms with Gasteiger partial charge in [-0.1, -0.05) is 17.7 Å². The van der Waals surface area contributed by atoms with E-state index < -0.39 is 15.9 Å². The van der Waals surface area contributed by atoms with Crippen molar-refractivity contribution in [2.45, 2.75) is 4.90 Å². The van der Waals surface area contributed by atoms with Gasteiger partial charge >= 0.3 is 0 Å². The molecule has 2 aromatic rings. The van der Waals surface area contributed by atoms with E-state index in [1.54, 1.807) is 6.07 Å². The van der Waals surface area contributed by atoms with Crippen LogP contribution in [0.25, 0.3) is 0 Å². The summed E-state index contributed by atoms with van der Waals surface area (Å²) in [5.41, 5.74) is 6.51. The molecule has 0 fully saturated rings. The predicted molar refractivity (Wildman–Crippen MR) is 81.6 cm³/mol. The molecule has 21 heavy (non-hydrogen) atoms. The van der Waals surface area contributed by atoms with Crippen LogP contribution in [0.4, 0.5) is 11.4 Å². The zero-order valence-electron chi connectivity index (χ0n) is 10.7. The van der Waals surface area contributed by atoms with Crippen LogP contribution in [0.1, 0.15) is 10.4 Å². The van der Waals surface area contributed by atoms with Crippen molar-refractivity contribution in [1.29, 1.82) is 0 Å². The highest BCUT2D eigenvalue weighted by Crippen LogP contribution is 2.21. The maximum absolute atomic E-state index is 12.1. The van der Waals surface area contributed by atoms with Crippen LogP contribution in [0.5, 0.6) is 0 Å². The van der Waals surface area contributed by atoms with Crippen molar-refractivity contribution in [1.82, 2.24) is 0 Å². The number of halogens is 1. The molecule has 1 amide bonds. The number of sulfonamides is 1. The molecule has 6 nitrogen and oxygen atoms in total. The quantitative estimate of drug-likeness (QED) is 0.746. The van der Waals surface area contributed by atoms with Gasteiger partial charge < -0.3 is 11.1 Å². The van der Waals surface area contributed by atoms with Crippen LogP contribution < -0.4 is 16.2 Å². The first-order valence-electron chi connectivity index (χ1n) is 5.76. The van der Waals surface area contributed by atoms with E-state index in [-0.39, 0.29) is 15.5 Å². The number of amides is 1. The third-order valence-electron chi connectivity index (χ3n) is 2.66. The lowest BCUT2D eigenvalue weighted by atomic mass is 10.2. The Kier molecular flexibility index (Phi) is 4.17. The Balaban J connectivity index is 2.28. The minimum atomic E-state index is -3.83. The average molecular weight is 326 g/mol. The summed E-state index contributed by atoms with van der Waals surface area (Å²) in [6, 6.07) is 10.1. The van der Waals surface area contributed by atoms with Crippen molar-refractivity contribution in [3.8, 4) is 0 Å². The van der Waals surface area contributed by atoms with Gasteiger partial charge in [-0.05, 0) is 36.4 Å². The van der Waals surface area contributed by atoms with Gasteiger partial charge in [-0.15, -0.1) is 0 Å². The smallest absolute Gasteiger partial charge is 0.257 e. The first-order valence-corrected chi connectivity index (χ1v) is 7.69. The Hall–Kier alpha value is -2.09. The second-order valence-electron chi connectivity index (χ2n) is 4.27. The average Bonchev–Trinajstić information content (AvgIpc) is 2.37. The van der Waals surface area contributed by atoms with E-state index in [1.165, 1.54) is 36.4 Å². The Morgan fingerprint density at radius 2 is 1.86 bits per heavy atom. The molecule has 0 aromatic heterocycles. The van der Waals surface area contributed by atoms with Gasteiger partial charge in [-0.2, -0.15) is 0 Å². The summed E-state index contributed by atoms with van der Waals surface area (Å²) in [4.78, 5) is 12.0. The zero-order chi connectivity index (χ0) is 15.6. The fourth-order valence-corrected chi connectivity index (χ4v) is 2.50. The summed E-state index contributed by atoms with van der Waals surface area (Å²) in [5, 5.41) is 7.78. The molecule has 8 heteroatoms. The minimum Gasteiger partial charge on any atom is -0.399 e. The fourth-order valence-electron chi connectivity index (χ4n) is 1.66. The van der Waals surface area contributed by atoms with Crippen LogP contribution in [-0.4, -0.2) is 14.3 Å². The molecule has 0 aliphatic rings. The Morgan fingerprint density at radius 1 is 1.14 bits per heavy atom. The summed E-state index contributed by atoms with van der Waals surface area (Å²) < 4.78 is 22.5. The van der Waals surface area contributed by atoms with Crippen molar-refractivity contribution in [2.24, 2.45) is 5.14 Å². The lowest BCUT2D eigenvalue weighted by Gasteiger charge is -2.08. The van der Waals surface area contributed by atoms with E-state index in [2.05, 4.69) is 5.32 Å². The summed E-state index contributed by atoms with van der Waals surface area (Å²) in [6.07, 6.45) is 0. The van der Waals surface area contributed by atoms with Gasteiger partial charge in [0.1, 0.15) is 0 Å². The van der Waals surface area contributed by atoms with Crippen LogP contribution in [0.3, 0.4) is 0 Å². The van der Waals surface area contributed by atoms with E-state index in [9.17, 15) is 13.2 Å². The molecule has 2 aromatic carbocycles. The third-order valence-corrected chi connectivity index (χ3v) is 3.88. The molecule has 0 unspecified atom stereocenters. The first kappa shape index (κ1) is 15.3. The Bertz CT molecular complexity index is 806. The third kappa shape index (κ3) is 3.72. The number of rotatable bonds is 3. The van der Waals surface area contributed by atoms with Crippen LogP contribution in [0.15, 0.2) is 47.4 Å². The van der Waals surface area contributed by atoms with Crippen molar-refractivity contribution in [2.75, 3.05) is 11.1 Å².